The molecule has 0 amide bonds. The van der Waals surface area contributed by atoms with Crippen molar-refractivity contribution in [1.82, 2.24) is 25.1 Å². The predicted molar refractivity (Wildman–Crippen MR) is 103 cm³/mol. The summed E-state index contributed by atoms with van der Waals surface area (Å²) in [5, 5.41) is 16.3. The maximum atomic E-state index is 8.95. The fourth-order valence-electron chi connectivity index (χ4n) is 3.67. The van der Waals surface area contributed by atoms with Crippen molar-refractivity contribution >= 4 is 11.0 Å². The van der Waals surface area contributed by atoms with Crippen LogP contribution in [0.2, 0.25) is 0 Å². The van der Waals surface area contributed by atoms with Gasteiger partial charge in [-0.2, -0.15) is 10.4 Å². The third-order valence-corrected chi connectivity index (χ3v) is 5.17. The zero-order valence-electron chi connectivity index (χ0n) is 14.7. The molecule has 0 aliphatic carbocycles. The van der Waals surface area contributed by atoms with E-state index < -0.39 is 0 Å². The molecule has 0 bridgehead atoms. The quantitative estimate of drug-likeness (QED) is 0.588. The normalized spacial score (nSPS) is 14.9. The van der Waals surface area contributed by atoms with Gasteiger partial charge >= 0.3 is 0 Å². The van der Waals surface area contributed by atoms with Gasteiger partial charge in [0.15, 0.2) is 0 Å². The highest BCUT2D eigenvalue weighted by atomic mass is 15.2. The van der Waals surface area contributed by atoms with Crippen LogP contribution >= 0.6 is 0 Å². The standard InChI is InChI=1S/C21H18N6/c22-9-14-5-7-15(8-6-14)20-16(10-23-26-20)11-27-12-17(13-27)21-24-18-3-1-2-4-19(18)25-21/h1-8,10,17H,11-13H2,(H,23,26)(H,24,25). The summed E-state index contributed by atoms with van der Waals surface area (Å²) >= 11 is 0. The number of benzene rings is 2. The average Bonchev–Trinajstić information content (AvgIpc) is 3.30. The van der Waals surface area contributed by atoms with Crippen LogP contribution in [0.15, 0.2) is 54.7 Å². The van der Waals surface area contributed by atoms with Gasteiger partial charge in [0, 0.05) is 31.1 Å². The molecule has 6 nitrogen and oxygen atoms in total. The number of H-pyrrole nitrogens is 2. The van der Waals surface area contributed by atoms with Crippen LogP contribution < -0.4 is 0 Å². The molecule has 1 aliphatic rings. The van der Waals surface area contributed by atoms with Crippen LogP contribution in [0.4, 0.5) is 0 Å². The molecule has 0 saturated carbocycles. The monoisotopic (exact) mass is 354 g/mol. The minimum atomic E-state index is 0.447. The van der Waals surface area contributed by atoms with Crippen LogP contribution in [0.1, 0.15) is 22.9 Å². The maximum Gasteiger partial charge on any atom is 0.112 e. The Morgan fingerprint density at radius 3 is 2.70 bits per heavy atom. The number of para-hydroxylation sites is 2. The molecule has 2 N–H and O–H groups in total. The van der Waals surface area contributed by atoms with Crippen molar-refractivity contribution in [3.05, 3.63) is 71.7 Å². The number of nitrogens with one attached hydrogen (secondary N) is 2. The van der Waals surface area contributed by atoms with E-state index in [0.29, 0.717) is 11.5 Å². The van der Waals surface area contributed by atoms with Gasteiger partial charge in [0.1, 0.15) is 5.82 Å². The lowest BCUT2D eigenvalue weighted by molar-refractivity contribution is 0.135. The third-order valence-electron chi connectivity index (χ3n) is 5.17. The molecule has 0 atom stereocenters. The number of imidazole rings is 1. The second kappa shape index (κ2) is 6.38. The van der Waals surface area contributed by atoms with Crippen molar-refractivity contribution in [2.24, 2.45) is 0 Å². The first-order chi connectivity index (χ1) is 13.3. The highest BCUT2D eigenvalue weighted by molar-refractivity contribution is 5.74. The Kier molecular flexibility index (Phi) is 3.73. The van der Waals surface area contributed by atoms with Gasteiger partial charge in [0.2, 0.25) is 0 Å². The van der Waals surface area contributed by atoms with Crippen molar-refractivity contribution in [2.75, 3.05) is 13.1 Å². The lowest BCUT2D eigenvalue weighted by Crippen LogP contribution is -2.44. The fourth-order valence-corrected chi connectivity index (χ4v) is 3.67. The van der Waals surface area contributed by atoms with E-state index in [1.807, 2.05) is 48.7 Å². The van der Waals surface area contributed by atoms with Crippen LogP contribution in [-0.2, 0) is 6.54 Å². The lowest BCUT2D eigenvalue weighted by Gasteiger charge is -2.38. The average molecular weight is 354 g/mol. The Labute approximate surface area is 156 Å². The molecule has 4 aromatic rings. The van der Waals surface area contributed by atoms with E-state index in [0.717, 1.165) is 47.7 Å². The van der Waals surface area contributed by atoms with Gasteiger partial charge in [-0.1, -0.05) is 24.3 Å². The molecule has 5 rings (SSSR count). The number of likely N-dealkylation sites (tertiary alicyclic amines) is 1. The molecule has 3 heterocycles. The maximum absolute atomic E-state index is 8.95. The van der Waals surface area contributed by atoms with E-state index in [4.69, 9.17) is 10.2 Å². The van der Waals surface area contributed by atoms with Crippen LogP contribution in [0.25, 0.3) is 22.3 Å². The number of rotatable bonds is 4. The number of fused-ring (bicyclic) bond motifs is 1. The molecule has 132 valence electrons. The van der Waals surface area contributed by atoms with E-state index >= 15 is 0 Å². The fraction of sp³-hybridized carbons (Fsp3) is 0.190. The third kappa shape index (κ3) is 2.88. The summed E-state index contributed by atoms with van der Waals surface area (Å²) in [5.41, 5.74) is 6.04. The number of hydrogen-bond donors (Lipinski definition) is 2. The van der Waals surface area contributed by atoms with E-state index in [2.05, 4.69) is 32.2 Å². The highest BCUT2D eigenvalue weighted by Gasteiger charge is 2.31. The van der Waals surface area contributed by atoms with Gasteiger partial charge in [-0.3, -0.25) is 10.00 Å². The molecule has 0 radical (unpaired) electrons. The number of hydrogen-bond acceptors (Lipinski definition) is 4. The summed E-state index contributed by atoms with van der Waals surface area (Å²) in [7, 11) is 0. The Morgan fingerprint density at radius 1 is 1.11 bits per heavy atom. The second-order valence-electron chi connectivity index (χ2n) is 6.99. The Balaban J connectivity index is 1.28. The van der Waals surface area contributed by atoms with Crippen molar-refractivity contribution in [2.45, 2.75) is 12.5 Å². The number of nitriles is 1. The van der Waals surface area contributed by atoms with Gasteiger partial charge in [-0.05, 0) is 29.8 Å². The molecule has 0 unspecified atom stereocenters. The van der Waals surface area contributed by atoms with Gasteiger partial charge in [-0.25, -0.2) is 4.98 Å². The predicted octanol–water partition coefficient (Wildman–Crippen LogP) is 3.42. The molecule has 1 saturated heterocycles. The summed E-state index contributed by atoms with van der Waals surface area (Å²) in [6.45, 7) is 2.82. The summed E-state index contributed by atoms with van der Waals surface area (Å²) in [6, 6.07) is 17.9. The minimum Gasteiger partial charge on any atom is -0.342 e. The number of aromatic nitrogens is 4. The lowest BCUT2D eigenvalue weighted by atomic mass is 9.98. The van der Waals surface area contributed by atoms with E-state index in [1.54, 1.807) is 0 Å². The molecule has 1 fully saturated rings. The second-order valence-corrected chi connectivity index (χ2v) is 6.99. The molecule has 2 aromatic heterocycles. The van der Waals surface area contributed by atoms with E-state index in [-0.39, 0.29) is 0 Å². The van der Waals surface area contributed by atoms with Crippen LogP contribution in [0.5, 0.6) is 0 Å². The van der Waals surface area contributed by atoms with Crippen molar-refractivity contribution in [3.8, 4) is 17.3 Å². The zero-order valence-corrected chi connectivity index (χ0v) is 14.7. The number of aromatic amines is 2. The molecule has 1 aliphatic heterocycles. The molecule has 0 spiro atoms. The first-order valence-electron chi connectivity index (χ1n) is 9.00. The van der Waals surface area contributed by atoms with Gasteiger partial charge in [0.05, 0.1) is 34.6 Å². The molecular formula is C21H18N6. The van der Waals surface area contributed by atoms with Crippen molar-refractivity contribution in [1.29, 1.82) is 5.26 Å². The van der Waals surface area contributed by atoms with Crippen LogP contribution in [-0.4, -0.2) is 38.2 Å². The molecular weight excluding hydrogens is 336 g/mol. The minimum absolute atomic E-state index is 0.447. The molecule has 6 heteroatoms. The number of nitrogens with zero attached hydrogens (tertiary/aromatic N) is 4. The summed E-state index contributed by atoms with van der Waals surface area (Å²) in [6.07, 6.45) is 1.89. The topological polar surface area (TPSA) is 84.4 Å². The summed E-state index contributed by atoms with van der Waals surface area (Å²) < 4.78 is 0. The van der Waals surface area contributed by atoms with Crippen LogP contribution in [0.3, 0.4) is 0 Å². The zero-order chi connectivity index (χ0) is 18.2. The van der Waals surface area contributed by atoms with Crippen LogP contribution in [0, 0.1) is 11.3 Å². The Hall–Kier alpha value is -3.43. The first-order valence-corrected chi connectivity index (χ1v) is 9.00. The summed E-state index contributed by atoms with van der Waals surface area (Å²) in [4.78, 5) is 10.6. The SMILES string of the molecule is N#Cc1ccc(-c2[nH]ncc2CN2CC(c3nc4ccccc4[nH]3)C2)cc1. The molecule has 27 heavy (non-hydrogen) atoms. The van der Waals surface area contributed by atoms with Crippen molar-refractivity contribution < 1.29 is 0 Å². The highest BCUT2D eigenvalue weighted by Crippen LogP contribution is 2.30. The Bertz CT molecular complexity index is 1090. The van der Waals surface area contributed by atoms with E-state index in [1.165, 1.54) is 5.56 Å². The summed E-state index contributed by atoms with van der Waals surface area (Å²) in [5.74, 6) is 1.52. The van der Waals surface area contributed by atoms with E-state index in [9.17, 15) is 0 Å². The molecule has 2 aromatic carbocycles. The first kappa shape index (κ1) is 15.8. The van der Waals surface area contributed by atoms with Gasteiger partial charge in [-0.15, -0.1) is 0 Å². The smallest absolute Gasteiger partial charge is 0.112 e. The Morgan fingerprint density at radius 2 is 1.93 bits per heavy atom. The van der Waals surface area contributed by atoms with Gasteiger partial charge < -0.3 is 4.98 Å². The van der Waals surface area contributed by atoms with Gasteiger partial charge in [0.25, 0.3) is 0 Å². The van der Waals surface area contributed by atoms with Crippen molar-refractivity contribution in [3.63, 3.8) is 0 Å². The largest absolute Gasteiger partial charge is 0.342 e.